The number of benzene rings is 1. The van der Waals surface area contributed by atoms with Crippen LogP contribution in [-0.2, 0) is 24.0 Å². The summed E-state index contributed by atoms with van der Waals surface area (Å²) < 4.78 is 15.1. The second-order valence-electron chi connectivity index (χ2n) is 13.4. The van der Waals surface area contributed by atoms with Crippen molar-refractivity contribution in [3.63, 3.8) is 0 Å². The van der Waals surface area contributed by atoms with Crippen molar-refractivity contribution in [2.24, 2.45) is 23.7 Å². The van der Waals surface area contributed by atoms with Gasteiger partial charge in [-0.2, -0.15) is 0 Å². The predicted molar refractivity (Wildman–Crippen MR) is 178 cm³/mol. The SMILES string of the molecule is CCCC(NC(=O)[C@@H]1C2CC[C@@H](F)C2CN1C(=O)[C@@H](NC(=O)[C@@H](NC(=O)c1cnccn1)C(C)C)C(C)C)C(=O)C(=O)Nc1ccccc1. The minimum absolute atomic E-state index is 0.0214. The number of amides is 5. The molecule has 7 atom stereocenters. The minimum atomic E-state index is -1.23. The second kappa shape index (κ2) is 16.6. The lowest BCUT2D eigenvalue weighted by Gasteiger charge is -2.34. The van der Waals surface area contributed by atoms with E-state index in [2.05, 4.69) is 31.2 Å². The number of carbonyl (C=O) groups is 6. The van der Waals surface area contributed by atoms with Gasteiger partial charge in [-0.05, 0) is 49.1 Å². The largest absolute Gasteiger partial charge is 0.344 e. The van der Waals surface area contributed by atoms with E-state index in [1.807, 2.05) is 6.92 Å². The van der Waals surface area contributed by atoms with E-state index in [1.165, 1.54) is 23.5 Å². The Morgan fingerprint density at radius 2 is 1.59 bits per heavy atom. The van der Waals surface area contributed by atoms with Gasteiger partial charge < -0.3 is 26.2 Å². The summed E-state index contributed by atoms with van der Waals surface area (Å²) in [5, 5.41) is 10.7. The molecule has 2 heterocycles. The summed E-state index contributed by atoms with van der Waals surface area (Å²) in [5.41, 5.74) is 0.445. The topological polar surface area (TPSA) is 180 Å². The number of Topliss-reactive ketones (excluding diaryl/α,β-unsaturated/α-hetero) is 1. The van der Waals surface area contributed by atoms with Gasteiger partial charge in [-0.3, -0.25) is 33.8 Å². The van der Waals surface area contributed by atoms with Gasteiger partial charge in [-0.25, -0.2) is 9.37 Å². The number of rotatable bonds is 14. The highest BCUT2D eigenvalue weighted by Gasteiger charge is 2.55. The van der Waals surface area contributed by atoms with Gasteiger partial charge in [0.25, 0.3) is 11.8 Å². The van der Waals surface area contributed by atoms with E-state index < -0.39 is 83.4 Å². The molecule has 5 amide bonds. The first-order valence-corrected chi connectivity index (χ1v) is 16.9. The Morgan fingerprint density at radius 3 is 2.20 bits per heavy atom. The number of fused-ring (bicyclic) bond motifs is 1. The smallest absolute Gasteiger partial charge is 0.293 e. The average molecular weight is 680 g/mol. The first-order chi connectivity index (χ1) is 23.3. The van der Waals surface area contributed by atoms with Crippen molar-refractivity contribution in [1.82, 2.24) is 30.8 Å². The lowest BCUT2D eigenvalue weighted by molar-refractivity contribution is -0.144. The van der Waals surface area contributed by atoms with E-state index in [0.29, 0.717) is 18.5 Å². The highest BCUT2D eigenvalue weighted by molar-refractivity contribution is 6.42. The third kappa shape index (κ3) is 8.84. The molecule has 1 aliphatic carbocycles. The van der Waals surface area contributed by atoms with Crippen molar-refractivity contribution < 1.29 is 33.2 Å². The molecule has 1 saturated heterocycles. The van der Waals surface area contributed by atoms with Gasteiger partial charge in [-0.15, -0.1) is 0 Å². The maximum absolute atomic E-state index is 15.1. The monoisotopic (exact) mass is 679 g/mol. The number of aromatic nitrogens is 2. The standard InChI is InChI=1S/C35H46FN7O6/c1-6-10-25(30(44)34(48)39-21-11-8-7-9-12-21)40-33(47)29-22-13-14-24(36)23(22)18-43(29)35(49)28(20(4)5)42-32(46)27(19(2)3)41-31(45)26-17-37-15-16-38-26/h7-9,11-12,15-17,19-20,22-25,27-29H,6,10,13-14,18H2,1-5H3,(H,39,48)(H,40,47)(H,41,45)(H,42,46)/t22?,23?,24-,25?,27+,28+,29+/m1/s1. The summed E-state index contributed by atoms with van der Waals surface area (Å²) in [6.45, 7) is 8.71. The van der Waals surface area contributed by atoms with Crippen LogP contribution in [0.2, 0.25) is 0 Å². The molecule has 2 aliphatic rings. The predicted octanol–water partition coefficient (Wildman–Crippen LogP) is 2.44. The number of hydrogen-bond donors (Lipinski definition) is 4. The average Bonchev–Trinajstić information content (AvgIpc) is 3.64. The quantitative estimate of drug-likeness (QED) is 0.220. The maximum atomic E-state index is 15.1. The van der Waals surface area contributed by atoms with Gasteiger partial charge in [0.15, 0.2) is 0 Å². The Morgan fingerprint density at radius 1 is 0.898 bits per heavy atom. The summed E-state index contributed by atoms with van der Waals surface area (Å²) in [6, 6.07) is 4.03. The van der Waals surface area contributed by atoms with Crippen LogP contribution in [0.4, 0.5) is 10.1 Å². The van der Waals surface area contributed by atoms with Gasteiger partial charge in [-0.1, -0.05) is 59.2 Å². The Balaban J connectivity index is 1.53. The summed E-state index contributed by atoms with van der Waals surface area (Å²) in [6.07, 6.45) is 4.07. The fourth-order valence-electron chi connectivity index (χ4n) is 6.61. The maximum Gasteiger partial charge on any atom is 0.293 e. The van der Waals surface area contributed by atoms with Crippen LogP contribution >= 0.6 is 0 Å². The molecule has 1 aliphatic heterocycles. The van der Waals surface area contributed by atoms with Gasteiger partial charge >= 0.3 is 0 Å². The van der Waals surface area contributed by atoms with Gasteiger partial charge in [0, 0.05) is 30.5 Å². The second-order valence-corrected chi connectivity index (χ2v) is 13.4. The lowest BCUT2D eigenvalue weighted by atomic mass is 9.92. The summed E-state index contributed by atoms with van der Waals surface area (Å²) in [7, 11) is 0. The van der Waals surface area contributed by atoms with Crippen molar-refractivity contribution in [1.29, 1.82) is 0 Å². The molecule has 49 heavy (non-hydrogen) atoms. The third-order valence-corrected chi connectivity index (χ3v) is 9.22. The van der Waals surface area contributed by atoms with Crippen LogP contribution < -0.4 is 21.3 Å². The van der Waals surface area contributed by atoms with Crippen molar-refractivity contribution in [3.8, 4) is 0 Å². The normalized spacial score (nSPS) is 21.8. The van der Waals surface area contributed by atoms with Crippen molar-refractivity contribution in [2.45, 2.75) is 90.6 Å². The molecule has 1 saturated carbocycles. The molecule has 2 fully saturated rings. The minimum Gasteiger partial charge on any atom is -0.344 e. The Labute approximate surface area is 285 Å². The number of likely N-dealkylation sites (tertiary alicyclic amines) is 1. The molecule has 2 aromatic rings. The van der Waals surface area contributed by atoms with E-state index in [-0.39, 0.29) is 31.0 Å². The number of carbonyl (C=O) groups excluding carboxylic acids is 6. The summed E-state index contributed by atoms with van der Waals surface area (Å²) >= 11 is 0. The molecule has 1 aromatic carbocycles. The van der Waals surface area contributed by atoms with Gasteiger partial charge in [0.2, 0.25) is 23.5 Å². The van der Waals surface area contributed by atoms with Crippen molar-refractivity contribution in [3.05, 3.63) is 54.6 Å². The van der Waals surface area contributed by atoms with E-state index >= 15 is 4.39 Å². The van der Waals surface area contributed by atoms with Gasteiger partial charge in [0.1, 0.15) is 30.0 Å². The van der Waals surface area contributed by atoms with Crippen LogP contribution in [0.25, 0.3) is 0 Å². The number of ketones is 1. The number of para-hydroxylation sites is 1. The van der Waals surface area contributed by atoms with E-state index in [9.17, 15) is 28.8 Å². The van der Waals surface area contributed by atoms with Crippen LogP contribution in [-0.4, -0.2) is 87.1 Å². The first kappa shape index (κ1) is 37.1. The molecule has 14 heteroatoms. The fourth-order valence-corrected chi connectivity index (χ4v) is 6.61. The molecule has 0 bridgehead atoms. The van der Waals surface area contributed by atoms with E-state index in [1.54, 1.807) is 58.0 Å². The third-order valence-electron chi connectivity index (χ3n) is 9.22. The molecule has 4 N–H and O–H groups in total. The summed E-state index contributed by atoms with van der Waals surface area (Å²) in [4.78, 5) is 89.9. The molecular formula is C35H46FN7O6. The van der Waals surface area contributed by atoms with Crippen LogP contribution in [0.3, 0.4) is 0 Å². The zero-order valence-electron chi connectivity index (χ0n) is 28.5. The molecular weight excluding hydrogens is 633 g/mol. The number of alkyl halides is 1. The molecule has 264 valence electrons. The molecule has 1 aromatic heterocycles. The highest BCUT2D eigenvalue weighted by Crippen LogP contribution is 2.44. The Hall–Kier alpha value is -4.75. The van der Waals surface area contributed by atoms with Crippen LogP contribution in [0.1, 0.15) is 70.8 Å². The number of hydrogen-bond acceptors (Lipinski definition) is 8. The number of nitrogens with zero attached hydrogens (tertiary/aromatic N) is 3. The summed E-state index contributed by atoms with van der Waals surface area (Å²) in [5.74, 6) is -6.09. The zero-order valence-corrected chi connectivity index (χ0v) is 28.5. The van der Waals surface area contributed by atoms with Crippen LogP contribution in [0.5, 0.6) is 0 Å². The van der Waals surface area contributed by atoms with Crippen LogP contribution in [0, 0.1) is 23.7 Å². The lowest BCUT2D eigenvalue weighted by Crippen LogP contribution is -2.60. The molecule has 4 rings (SSSR count). The Kier molecular flexibility index (Phi) is 12.5. The Bertz CT molecular complexity index is 1510. The molecule has 3 unspecified atom stereocenters. The van der Waals surface area contributed by atoms with Crippen LogP contribution in [0.15, 0.2) is 48.9 Å². The molecule has 0 radical (unpaired) electrons. The van der Waals surface area contributed by atoms with Crippen molar-refractivity contribution >= 4 is 41.0 Å². The number of nitrogens with one attached hydrogen (secondary N) is 4. The zero-order chi connectivity index (χ0) is 35.8. The number of halogens is 1. The van der Waals surface area contributed by atoms with E-state index in [0.717, 1.165) is 0 Å². The van der Waals surface area contributed by atoms with E-state index in [4.69, 9.17) is 0 Å². The highest BCUT2D eigenvalue weighted by atomic mass is 19.1. The van der Waals surface area contributed by atoms with Crippen molar-refractivity contribution in [2.75, 3.05) is 11.9 Å². The number of anilines is 1. The molecule has 0 spiro atoms. The van der Waals surface area contributed by atoms with Gasteiger partial charge in [0.05, 0.1) is 12.2 Å². The first-order valence-electron chi connectivity index (χ1n) is 16.9. The molecule has 13 nitrogen and oxygen atoms in total. The fraction of sp³-hybridized carbons (Fsp3) is 0.543.